The molecule has 0 saturated carbocycles. The van der Waals surface area contributed by atoms with Gasteiger partial charge in [-0.2, -0.15) is 0 Å². The van der Waals surface area contributed by atoms with Gasteiger partial charge < -0.3 is 0 Å². The number of hydrogen-bond donors (Lipinski definition) is 0. The lowest BCUT2D eigenvalue weighted by molar-refractivity contribution is -0.659. The van der Waals surface area contributed by atoms with Gasteiger partial charge in [0.2, 0.25) is 5.69 Å². The maximum atomic E-state index is 4.39. The highest BCUT2D eigenvalue weighted by Gasteiger charge is 2.14. The second kappa shape index (κ2) is 5.85. The van der Waals surface area contributed by atoms with Crippen LogP contribution in [0.25, 0.3) is 33.3 Å². The molecule has 24 heavy (non-hydrogen) atoms. The Morgan fingerprint density at radius 2 is 1.79 bits per heavy atom. The second-order valence-electron chi connectivity index (χ2n) is 6.02. The summed E-state index contributed by atoms with van der Waals surface area (Å²) in [6.07, 6.45) is 7.39. The van der Waals surface area contributed by atoms with E-state index in [1.165, 1.54) is 27.6 Å². The Hall–Kier alpha value is -3.07. The molecule has 2 aromatic heterocycles. The van der Waals surface area contributed by atoms with E-state index in [0.717, 1.165) is 11.3 Å². The molecule has 3 nitrogen and oxygen atoms in total. The molecular weight excluding hydrogens is 294 g/mol. The number of benzene rings is 2. The molecule has 2 heterocycles. The van der Waals surface area contributed by atoms with E-state index in [1.54, 1.807) is 18.6 Å². The first-order valence-corrected chi connectivity index (χ1v) is 7.98. The van der Waals surface area contributed by atoms with Crippen molar-refractivity contribution in [1.82, 2.24) is 9.97 Å². The van der Waals surface area contributed by atoms with Crippen molar-refractivity contribution in [1.29, 1.82) is 0 Å². The maximum Gasteiger partial charge on any atom is 0.213 e. The lowest BCUT2D eigenvalue weighted by Crippen LogP contribution is -2.30. The normalized spacial score (nSPS) is 10.9. The zero-order valence-corrected chi connectivity index (χ0v) is 13.8. The number of nitrogens with zero attached hydrogens (tertiary/aromatic N) is 3. The van der Waals surface area contributed by atoms with E-state index < -0.39 is 0 Å². The summed E-state index contributed by atoms with van der Waals surface area (Å²) in [5.74, 6) is 0. The Morgan fingerprint density at radius 3 is 2.58 bits per heavy atom. The monoisotopic (exact) mass is 312 g/mol. The fraction of sp³-hybridized carbons (Fsp3) is 0.0952. The lowest BCUT2D eigenvalue weighted by atomic mass is 10.0. The van der Waals surface area contributed by atoms with Crippen LogP contribution in [0, 0.1) is 6.92 Å². The highest BCUT2D eigenvalue weighted by atomic mass is 14.9. The molecule has 0 atom stereocenters. The van der Waals surface area contributed by atoms with Gasteiger partial charge in [0, 0.05) is 35.0 Å². The Labute approximate surface area is 141 Å². The molecule has 0 aliphatic carbocycles. The number of rotatable bonds is 2. The third-order valence-corrected chi connectivity index (χ3v) is 4.37. The average molecular weight is 312 g/mol. The molecule has 3 heteroatoms. The van der Waals surface area contributed by atoms with Crippen molar-refractivity contribution >= 4 is 10.8 Å². The summed E-state index contributed by atoms with van der Waals surface area (Å²) in [5, 5.41) is 2.41. The smallest absolute Gasteiger partial charge is 0.213 e. The van der Waals surface area contributed by atoms with E-state index in [0.29, 0.717) is 0 Å². The number of aromatic nitrogens is 3. The summed E-state index contributed by atoms with van der Waals surface area (Å²) in [6.45, 7) is 2.15. The van der Waals surface area contributed by atoms with Crippen molar-refractivity contribution in [3.8, 4) is 22.5 Å². The van der Waals surface area contributed by atoms with E-state index in [-0.39, 0.29) is 0 Å². The van der Waals surface area contributed by atoms with Crippen molar-refractivity contribution in [2.24, 2.45) is 7.05 Å². The topological polar surface area (TPSA) is 29.7 Å². The van der Waals surface area contributed by atoms with Crippen LogP contribution in [0.4, 0.5) is 0 Å². The summed E-state index contributed by atoms with van der Waals surface area (Å²) in [5.41, 5.74) is 5.74. The summed E-state index contributed by atoms with van der Waals surface area (Å²) < 4.78 is 2.19. The van der Waals surface area contributed by atoms with Gasteiger partial charge in [0.1, 0.15) is 7.05 Å². The van der Waals surface area contributed by atoms with E-state index in [9.17, 15) is 0 Å². The van der Waals surface area contributed by atoms with Gasteiger partial charge in [-0.1, -0.05) is 30.3 Å². The molecule has 116 valence electrons. The minimum atomic E-state index is 0.894. The van der Waals surface area contributed by atoms with Crippen LogP contribution < -0.4 is 4.57 Å². The van der Waals surface area contributed by atoms with Crippen molar-refractivity contribution in [2.45, 2.75) is 6.92 Å². The predicted molar refractivity (Wildman–Crippen MR) is 96.3 cm³/mol. The Bertz CT molecular complexity index is 1020. The van der Waals surface area contributed by atoms with Crippen LogP contribution in [0.5, 0.6) is 0 Å². The number of fused-ring (bicyclic) bond motifs is 1. The van der Waals surface area contributed by atoms with E-state index in [4.69, 9.17) is 0 Å². The first kappa shape index (κ1) is 14.5. The highest BCUT2D eigenvalue weighted by molar-refractivity contribution is 5.87. The molecule has 0 fully saturated rings. The van der Waals surface area contributed by atoms with Gasteiger partial charge in [0.05, 0.1) is 11.9 Å². The fourth-order valence-corrected chi connectivity index (χ4v) is 3.08. The quantitative estimate of drug-likeness (QED) is 0.522. The summed E-state index contributed by atoms with van der Waals surface area (Å²) in [4.78, 5) is 8.54. The molecule has 0 spiro atoms. The number of pyridine rings is 1. The molecule has 4 aromatic rings. The van der Waals surface area contributed by atoms with Gasteiger partial charge in [0.15, 0.2) is 6.20 Å². The molecule has 0 aliphatic heterocycles. The van der Waals surface area contributed by atoms with Crippen LogP contribution in [0.2, 0.25) is 0 Å². The summed E-state index contributed by atoms with van der Waals surface area (Å²) >= 11 is 0. The van der Waals surface area contributed by atoms with Crippen molar-refractivity contribution < 1.29 is 4.57 Å². The van der Waals surface area contributed by atoms with Gasteiger partial charge in [-0.3, -0.25) is 9.97 Å². The van der Waals surface area contributed by atoms with Crippen LogP contribution in [-0.4, -0.2) is 9.97 Å². The van der Waals surface area contributed by atoms with Crippen molar-refractivity contribution in [3.63, 3.8) is 0 Å². The van der Waals surface area contributed by atoms with Crippen molar-refractivity contribution in [2.75, 3.05) is 0 Å². The van der Waals surface area contributed by atoms with Gasteiger partial charge in [-0.05, 0) is 30.0 Å². The summed E-state index contributed by atoms with van der Waals surface area (Å²) in [7, 11) is 2.09. The minimum Gasteiger partial charge on any atom is -0.261 e. The van der Waals surface area contributed by atoms with Crippen LogP contribution in [0.15, 0.2) is 73.3 Å². The molecule has 0 amide bonds. The molecule has 0 unspecified atom stereocenters. The molecule has 2 aromatic carbocycles. The van der Waals surface area contributed by atoms with Gasteiger partial charge in [-0.15, -0.1) is 0 Å². The third-order valence-electron chi connectivity index (χ3n) is 4.37. The van der Waals surface area contributed by atoms with Gasteiger partial charge in [0.25, 0.3) is 0 Å². The fourth-order valence-electron chi connectivity index (χ4n) is 3.08. The molecule has 0 radical (unpaired) electrons. The standard InChI is InChI=1S/C21H18N3/c1-15-5-3-4-6-19(15)21-12-16-7-8-17(11-18(16)14-24(21)2)20-13-22-9-10-23-20/h3-14H,1-2H3/q+1. The molecule has 0 N–H and O–H groups in total. The molecule has 0 saturated heterocycles. The van der Waals surface area contributed by atoms with E-state index in [1.807, 2.05) is 0 Å². The lowest BCUT2D eigenvalue weighted by Gasteiger charge is -2.07. The molecular formula is C21H18N3+. The van der Waals surface area contributed by atoms with Crippen molar-refractivity contribution in [3.05, 3.63) is 78.9 Å². The second-order valence-corrected chi connectivity index (χ2v) is 6.02. The molecule has 0 bridgehead atoms. The number of hydrogen-bond acceptors (Lipinski definition) is 2. The third kappa shape index (κ3) is 2.54. The van der Waals surface area contributed by atoms with Crippen LogP contribution in [0.1, 0.15) is 5.56 Å². The largest absolute Gasteiger partial charge is 0.261 e. The van der Waals surface area contributed by atoms with Gasteiger partial charge >= 0.3 is 0 Å². The minimum absolute atomic E-state index is 0.894. The summed E-state index contributed by atoms with van der Waals surface area (Å²) in [6, 6.07) is 17.2. The van der Waals surface area contributed by atoms with E-state index in [2.05, 4.69) is 83.2 Å². The van der Waals surface area contributed by atoms with Gasteiger partial charge in [-0.25, -0.2) is 4.57 Å². The van der Waals surface area contributed by atoms with Crippen LogP contribution in [0.3, 0.4) is 0 Å². The molecule has 4 rings (SSSR count). The Morgan fingerprint density at radius 1 is 0.917 bits per heavy atom. The van der Waals surface area contributed by atoms with Crippen LogP contribution in [-0.2, 0) is 7.05 Å². The SMILES string of the molecule is Cc1ccccc1-c1cc2ccc(-c3cnccn3)cc2c[n+]1C. The zero-order valence-electron chi connectivity index (χ0n) is 13.8. The predicted octanol–water partition coefficient (Wildman–Crippen LogP) is 4.10. The Kier molecular flexibility index (Phi) is 3.54. The average Bonchev–Trinajstić information content (AvgIpc) is 2.62. The van der Waals surface area contributed by atoms with Crippen LogP contribution >= 0.6 is 0 Å². The first-order valence-electron chi connectivity index (χ1n) is 7.98. The number of aryl methyl sites for hydroxylation is 2. The van der Waals surface area contributed by atoms with E-state index >= 15 is 0 Å². The molecule has 0 aliphatic rings. The Balaban J connectivity index is 1.87. The first-order chi connectivity index (χ1) is 11.7. The maximum absolute atomic E-state index is 4.39. The highest BCUT2D eigenvalue weighted by Crippen LogP contribution is 2.26. The zero-order chi connectivity index (χ0) is 16.5.